The molecule has 0 atom stereocenters. The van der Waals surface area contributed by atoms with Crippen LogP contribution in [-0.2, 0) is 4.74 Å². The quantitative estimate of drug-likeness (QED) is 0.554. The van der Waals surface area contributed by atoms with Crippen LogP contribution in [0.1, 0.15) is 29.2 Å². The van der Waals surface area contributed by atoms with Gasteiger partial charge in [-0.25, -0.2) is 0 Å². The number of ether oxygens (including phenoxy) is 1. The Morgan fingerprint density at radius 1 is 1.00 bits per heavy atom. The van der Waals surface area contributed by atoms with Gasteiger partial charge in [-0.15, -0.1) is 11.3 Å². The molecule has 0 bridgehead atoms. The molecule has 0 radical (unpaired) electrons. The molecule has 0 unspecified atom stereocenters. The second-order valence-corrected chi connectivity index (χ2v) is 9.23. The molecule has 1 N–H and O–H groups in total. The zero-order valence-electron chi connectivity index (χ0n) is 19.2. The lowest BCUT2D eigenvalue weighted by atomic mass is 9.94. The summed E-state index contributed by atoms with van der Waals surface area (Å²) in [5, 5.41) is 37.1. The molecule has 0 fully saturated rings. The highest BCUT2D eigenvalue weighted by Gasteiger charge is 2.38. The van der Waals surface area contributed by atoms with E-state index < -0.39 is 5.60 Å². The van der Waals surface area contributed by atoms with E-state index in [1.807, 2.05) is 72.6 Å². The Morgan fingerprint density at radius 3 is 2.18 bits per heavy atom. The Balaban J connectivity index is 1.78. The lowest BCUT2D eigenvalue weighted by molar-refractivity contribution is 0.0954. The predicted molar refractivity (Wildman–Crippen MR) is 135 cm³/mol. The van der Waals surface area contributed by atoms with E-state index in [4.69, 9.17) is 9.84 Å². The van der Waals surface area contributed by atoms with Crippen LogP contribution in [0, 0.1) is 34.0 Å². The third-order valence-electron chi connectivity index (χ3n) is 5.34. The lowest BCUT2D eigenvalue weighted by Gasteiger charge is -2.20. The Kier molecular flexibility index (Phi) is 7.71. The van der Waals surface area contributed by atoms with Crippen molar-refractivity contribution < 1.29 is 9.84 Å². The molecule has 1 aromatic heterocycles. The summed E-state index contributed by atoms with van der Waals surface area (Å²) < 4.78 is 5.79. The van der Waals surface area contributed by atoms with Gasteiger partial charge in [0, 0.05) is 34.6 Å². The van der Waals surface area contributed by atoms with Crippen molar-refractivity contribution >= 4 is 35.3 Å². The molecule has 0 amide bonds. The van der Waals surface area contributed by atoms with Crippen LogP contribution < -0.4 is 4.90 Å². The molecule has 1 aliphatic heterocycles. The first-order chi connectivity index (χ1) is 16.3. The van der Waals surface area contributed by atoms with Crippen LogP contribution in [0.25, 0.3) is 18.2 Å². The first-order valence-corrected chi connectivity index (χ1v) is 11.4. The molecule has 170 valence electrons. The molecule has 1 aliphatic rings. The predicted octanol–water partition coefficient (Wildman–Crippen LogP) is 5.29. The Hall–Kier alpha value is -4.09. The smallest absolute Gasteiger partial charge is 0.172 e. The minimum absolute atomic E-state index is 0.0422. The van der Waals surface area contributed by atoms with Crippen LogP contribution in [0.4, 0.5) is 5.69 Å². The Bertz CT molecular complexity index is 1290. The summed E-state index contributed by atoms with van der Waals surface area (Å²) in [6, 6.07) is 17.8. The van der Waals surface area contributed by atoms with Gasteiger partial charge in [0.05, 0.1) is 6.61 Å². The van der Waals surface area contributed by atoms with E-state index in [2.05, 4.69) is 6.07 Å². The van der Waals surface area contributed by atoms with Crippen molar-refractivity contribution in [2.75, 3.05) is 25.1 Å². The van der Waals surface area contributed by atoms with Gasteiger partial charge in [-0.3, -0.25) is 0 Å². The van der Waals surface area contributed by atoms with E-state index in [0.29, 0.717) is 12.1 Å². The molecule has 2 aromatic rings. The molecule has 34 heavy (non-hydrogen) atoms. The summed E-state index contributed by atoms with van der Waals surface area (Å²) in [5.74, 6) is 0.0422. The van der Waals surface area contributed by atoms with E-state index in [9.17, 15) is 15.8 Å². The average Bonchev–Trinajstić information content (AvgIpc) is 3.38. The van der Waals surface area contributed by atoms with Crippen LogP contribution >= 0.6 is 11.3 Å². The van der Waals surface area contributed by atoms with E-state index in [1.165, 1.54) is 0 Å². The molecule has 3 rings (SSSR count). The van der Waals surface area contributed by atoms with E-state index in [1.54, 1.807) is 37.3 Å². The highest BCUT2D eigenvalue weighted by atomic mass is 32.1. The molecule has 0 saturated carbocycles. The van der Waals surface area contributed by atoms with E-state index >= 15 is 0 Å². The Morgan fingerprint density at radius 2 is 1.62 bits per heavy atom. The van der Waals surface area contributed by atoms with Gasteiger partial charge in [0.1, 0.15) is 29.4 Å². The third-order valence-corrected chi connectivity index (χ3v) is 6.35. The van der Waals surface area contributed by atoms with Crippen molar-refractivity contribution in [3.8, 4) is 18.2 Å². The number of aliphatic hydroxyl groups excluding tert-OH is 1. The maximum Gasteiger partial charge on any atom is 0.172 e. The van der Waals surface area contributed by atoms with Gasteiger partial charge in [0.25, 0.3) is 0 Å². The number of nitriles is 3. The standard InChI is InChI=1S/C27H24N4O2S/c1-27(2)25(24(18-30)26(33-27)20(16-28)17-29)13-12-23-11-10-22(34-23)9-6-19-4-7-21(8-5-19)31(3)14-15-32/h4-13,32H,14-15H2,1-3H3. The number of rotatable bonds is 7. The van der Waals surface area contributed by atoms with Crippen molar-refractivity contribution in [2.45, 2.75) is 19.4 Å². The van der Waals surface area contributed by atoms with Crippen LogP contribution in [0.5, 0.6) is 0 Å². The third kappa shape index (κ3) is 5.45. The number of nitrogens with zero attached hydrogens (tertiary/aromatic N) is 4. The molecule has 0 aliphatic carbocycles. The number of likely N-dealkylation sites (N-methyl/N-ethyl adjacent to an activating group) is 1. The fourth-order valence-corrected chi connectivity index (χ4v) is 4.31. The summed E-state index contributed by atoms with van der Waals surface area (Å²) in [6.07, 6.45) is 7.82. The average molecular weight is 469 g/mol. The number of hydrogen-bond donors (Lipinski definition) is 1. The molecule has 7 heteroatoms. The zero-order valence-corrected chi connectivity index (χ0v) is 20.1. The van der Waals surface area contributed by atoms with Crippen LogP contribution in [0.2, 0.25) is 0 Å². The van der Waals surface area contributed by atoms with E-state index in [-0.39, 0.29) is 23.5 Å². The highest BCUT2D eigenvalue weighted by Crippen LogP contribution is 2.40. The Labute approximate surface area is 203 Å². The van der Waals surface area contributed by atoms with Crippen LogP contribution in [0.3, 0.4) is 0 Å². The van der Waals surface area contributed by atoms with Crippen molar-refractivity contribution in [1.82, 2.24) is 0 Å². The van der Waals surface area contributed by atoms with Gasteiger partial charge in [-0.1, -0.05) is 24.3 Å². The van der Waals surface area contributed by atoms with Gasteiger partial charge in [0.2, 0.25) is 0 Å². The van der Waals surface area contributed by atoms with Gasteiger partial charge in [0.15, 0.2) is 11.3 Å². The minimum Gasteiger partial charge on any atom is -0.480 e. The monoisotopic (exact) mass is 468 g/mol. The second-order valence-electron chi connectivity index (χ2n) is 8.08. The van der Waals surface area contributed by atoms with Crippen molar-refractivity contribution in [1.29, 1.82) is 15.8 Å². The summed E-state index contributed by atoms with van der Waals surface area (Å²) >= 11 is 1.60. The summed E-state index contributed by atoms with van der Waals surface area (Å²) in [7, 11) is 1.94. The molecule has 0 saturated heterocycles. The topological polar surface area (TPSA) is 104 Å². The number of benzene rings is 1. The largest absolute Gasteiger partial charge is 0.480 e. The fourth-order valence-electron chi connectivity index (χ4n) is 3.49. The molecular formula is C27H24N4O2S. The lowest BCUT2D eigenvalue weighted by Crippen LogP contribution is -2.20. The first kappa shape index (κ1) is 24.6. The van der Waals surface area contributed by atoms with E-state index in [0.717, 1.165) is 21.0 Å². The summed E-state index contributed by atoms with van der Waals surface area (Å²) in [4.78, 5) is 4.07. The maximum absolute atomic E-state index is 9.64. The molecule has 0 spiro atoms. The fraction of sp³-hybridized carbons (Fsp3) is 0.222. The number of allylic oxidation sites excluding steroid dienone is 2. The molecule has 1 aromatic carbocycles. The van der Waals surface area contributed by atoms with Gasteiger partial charge < -0.3 is 14.7 Å². The molecule has 6 nitrogen and oxygen atoms in total. The normalized spacial score (nSPS) is 14.7. The van der Waals surface area contributed by atoms with Crippen molar-refractivity contribution in [3.63, 3.8) is 0 Å². The maximum atomic E-state index is 9.64. The summed E-state index contributed by atoms with van der Waals surface area (Å²) in [5.41, 5.74) is 1.94. The number of aliphatic hydroxyl groups is 1. The van der Waals surface area contributed by atoms with Crippen molar-refractivity contribution in [2.24, 2.45) is 0 Å². The minimum atomic E-state index is -0.826. The number of thiophene rings is 1. The molecular weight excluding hydrogens is 444 g/mol. The van der Waals surface area contributed by atoms with Crippen LogP contribution in [-0.4, -0.2) is 30.9 Å². The summed E-state index contributed by atoms with van der Waals surface area (Å²) in [6.45, 7) is 4.31. The zero-order chi connectivity index (χ0) is 24.7. The number of hydrogen-bond acceptors (Lipinski definition) is 7. The number of anilines is 1. The highest BCUT2D eigenvalue weighted by molar-refractivity contribution is 7.13. The molecule has 2 heterocycles. The second kappa shape index (κ2) is 10.7. The first-order valence-electron chi connectivity index (χ1n) is 10.6. The van der Waals surface area contributed by atoms with Gasteiger partial charge in [-0.05, 0) is 55.8 Å². The van der Waals surface area contributed by atoms with Crippen molar-refractivity contribution in [3.05, 3.63) is 80.3 Å². The SMILES string of the molecule is CN(CCO)c1ccc(C=Cc2ccc(C=CC3=C(C#N)C(=C(C#N)C#N)OC3(C)C)s2)cc1. The van der Waals surface area contributed by atoms with Gasteiger partial charge in [-0.2, -0.15) is 15.8 Å². The van der Waals surface area contributed by atoms with Gasteiger partial charge >= 0.3 is 0 Å². The van der Waals surface area contributed by atoms with Crippen LogP contribution in [0.15, 0.2) is 65.0 Å².